The van der Waals surface area contributed by atoms with Gasteiger partial charge in [0.05, 0.1) is 19.0 Å². The van der Waals surface area contributed by atoms with Crippen LogP contribution in [-0.2, 0) is 21.4 Å². The van der Waals surface area contributed by atoms with Crippen LogP contribution in [0.5, 0.6) is 0 Å². The molecular formula is C12H20N4O4S. The van der Waals surface area contributed by atoms with Gasteiger partial charge in [-0.3, -0.25) is 4.79 Å². The molecule has 0 radical (unpaired) electrons. The van der Waals surface area contributed by atoms with E-state index in [1.54, 1.807) is 0 Å². The van der Waals surface area contributed by atoms with Crippen molar-refractivity contribution in [3.05, 3.63) is 28.4 Å². The molecule has 1 N–H and O–H groups in total. The molecule has 1 aliphatic heterocycles. The molecule has 21 heavy (non-hydrogen) atoms. The number of morpholine rings is 1. The zero-order chi connectivity index (χ0) is 15.5. The average molecular weight is 316 g/mol. The van der Waals surface area contributed by atoms with Gasteiger partial charge in [0.1, 0.15) is 0 Å². The maximum absolute atomic E-state index is 12.1. The molecule has 2 rings (SSSR count). The third-order valence-electron chi connectivity index (χ3n) is 3.35. The summed E-state index contributed by atoms with van der Waals surface area (Å²) in [6, 6.07) is 1.44. The number of hydrogen-bond donors (Lipinski definition) is 1. The summed E-state index contributed by atoms with van der Waals surface area (Å²) in [7, 11) is -0.379. The molecule has 9 heteroatoms. The summed E-state index contributed by atoms with van der Waals surface area (Å²) in [4.78, 5) is 17.7. The Morgan fingerprint density at radius 3 is 2.95 bits per heavy atom. The van der Waals surface area contributed by atoms with Gasteiger partial charge in [-0.05, 0) is 12.8 Å². The van der Waals surface area contributed by atoms with E-state index >= 15 is 0 Å². The highest BCUT2D eigenvalue weighted by atomic mass is 32.2. The molecule has 1 atom stereocenters. The van der Waals surface area contributed by atoms with E-state index < -0.39 is 10.2 Å². The molecule has 1 saturated heterocycles. The van der Waals surface area contributed by atoms with Crippen molar-refractivity contribution in [3.8, 4) is 0 Å². The predicted molar refractivity (Wildman–Crippen MR) is 77.1 cm³/mol. The minimum atomic E-state index is -3.41. The lowest BCUT2D eigenvalue weighted by Gasteiger charge is -2.33. The molecule has 1 aromatic heterocycles. The van der Waals surface area contributed by atoms with Crippen molar-refractivity contribution in [1.82, 2.24) is 18.6 Å². The average Bonchev–Trinajstić information content (AvgIpc) is 2.45. The van der Waals surface area contributed by atoms with Gasteiger partial charge in [0.15, 0.2) is 0 Å². The topological polar surface area (TPSA) is 95.6 Å². The van der Waals surface area contributed by atoms with Gasteiger partial charge in [0.2, 0.25) is 0 Å². The fourth-order valence-corrected chi connectivity index (χ4v) is 3.28. The minimum absolute atomic E-state index is 0.186. The Balaban J connectivity index is 1.94. The van der Waals surface area contributed by atoms with E-state index in [1.165, 1.54) is 35.1 Å². The van der Waals surface area contributed by atoms with Crippen molar-refractivity contribution in [3.63, 3.8) is 0 Å². The molecule has 0 bridgehead atoms. The SMILES string of the molecule is CN(C)S(=O)(=O)N1CCO[C@@H](CCc2cc(=O)[nH]cn2)C1. The monoisotopic (exact) mass is 316 g/mol. The Kier molecular flexibility index (Phi) is 5.09. The van der Waals surface area contributed by atoms with Crippen LogP contribution in [0.2, 0.25) is 0 Å². The molecule has 1 aromatic rings. The molecule has 1 fully saturated rings. The van der Waals surface area contributed by atoms with E-state index in [4.69, 9.17) is 4.74 Å². The lowest BCUT2D eigenvalue weighted by Crippen LogP contribution is -2.49. The van der Waals surface area contributed by atoms with Gasteiger partial charge >= 0.3 is 0 Å². The first-order valence-electron chi connectivity index (χ1n) is 6.72. The van der Waals surface area contributed by atoms with E-state index in [2.05, 4.69) is 9.97 Å². The van der Waals surface area contributed by atoms with Crippen LogP contribution in [0.3, 0.4) is 0 Å². The number of nitrogens with zero attached hydrogens (tertiary/aromatic N) is 3. The van der Waals surface area contributed by atoms with Crippen LogP contribution in [0.25, 0.3) is 0 Å². The Bertz CT molecular complexity index is 628. The number of aromatic nitrogens is 2. The summed E-state index contributed by atoms with van der Waals surface area (Å²) in [6.45, 7) is 1.06. The maximum atomic E-state index is 12.1. The van der Waals surface area contributed by atoms with Gasteiger partial charge in [-0.15, -0.1) is 0 Å². The van der Waals surface area contributed by atoms with Gasteiger partial charge in [-0.2, -0.15) is 17.0 Å². The van der Waals surface area contributed by atoms with E-state index in [1.807, 2.05) is 0 Å². The van der Waals surface area contributed by atoms with E-state index in [-0.39, 0.29) is 11.7 Å². The molecule has 0 amide bonds. The smallest absolute Gasteiger partial charge is 0.281 e. The van der Waals surface area contributed by atoms with Crippen LogP contribution >= 0.6 is 0 Å². The van der Waals surface area contributed by atoms with Crippen molar-refractivity contribution in [2.75, 3.05) is 33.8 Å². The summed E-state index contributed by atoms with van der Waals surface area (Å²) in [5.41, 5.74) is 0.483. The number of hydrogen-bond acceptors (Lipinski definition) is 5. The maximum Gasteiger partial charge on any atom is 0.281 e. The van der Waals surface area contributed by atoms with Crippen LogP contribution in [0.15, 0.2) is 17.2 Å². The Morgan fingerprint density at radius 2 is 2.29 bits per heavy atom. The van der Waals surface area contributed by atoms with E-state index in [0.29, 0.717) is 38.2 Å². The zero-order valence-electron chi connectivity index (χ0n) is 12.2. The van der Waals surface area contributed by atoms with Crippen LogP contribution < -0.4 is 5.56 Å². The van der Waals surface area contributed by atoms with Gasteiger partial charge in [0.25, 0.3) is 15.8 Å². The quantitative estimate of drug-likeness (QED) is 0.768. The number of ether oxygens (including phenoxy) is 1. The van der Waals surface area contributed by atoms with Crippen molar-refractivity contribution >= 4 is 10.2 Å². The molecule has 118 valence electrons. The van der Waals surface area contributed by atoms with Gasteiger partial charge < -0.3 is 9.72 Å². The molecule has 8 nitrogen and oxygen atoms in total. The summed E-state index contributed by atoms with van der Waals surface area (Å²) in [5.74, 6) is 0. The number of nitrogens with one attached hydrogen (secondary N) is 1. The second kappa shape index (κ2) is 6.65. The van der Waals surface area contributed by atoms with Crippen LogP contribution in [0.4, 0.5) is 0 Å². The van der Waals surface area contributed by atoms with E-state index in [9.17, 15) is 13.2 Å². The van der Waals surface area contributed by atoms with Crippen LogP contribution in [-0.4, -0.2) is 66.9 Å². The highest BCUT2D eigenvalue weighted by molar-refractivity contribution is 7.86. The lowest BCUT2D eigenvalue weighted by atomic mass is 10.1. The number of H-pyrrole nitrogens is 1. The first-order valence-corrected chi connectivity index (χ1v) is 8.12. The molecule has 0 unspecified atom stereocenters. The number of aromatic amines is 1. The van der Waals surface area contributed by atoms with Gasteiger partial charge in [-0.25, -0.2) is 4.98 Å². The summed E-state index contributed by atoms with van der Waals surface area (Å²) >= 11 is 0. The standard InChI is InChI=1S/C12H20N4O4S/c1-15(2)21(18,19)16-5-6-20-11(8-16)4-3-10-7-12(17)14-9-13-10/h7,9,11H,3-6,8H2,1-2H3,(H,13,14,17)/t11-/m0/s1. The fraction of sp³-hybridized carbons (Fsp3) is 0.667. The highest BCUT2D eigenvalue weighted by Gasteiger charge is 2.30. The second-order valence-electron chi connectivity index (χ2n) is 5.08. The molecule has 0 spiro atoms. The summed E-state index contributed by atoms with van der Waals surface area (Å²) in [6.07, 6.45) is 2.37. The lowest BCUT2D eigenvalue weighted by molar-refractivity contribution is -0.00664. The number of rotatable bonds is 5. The molecule has 0 saturated carbocycles. The van der Waals surface area contributed by atoms with E-state index in [0.717, 1.165) is 0 Å². The van der Waals surface area contributed by atoms with Crippen molar-refractivity contribution in [1.29, 1.82) is 0 Å². The Morgan fingerprint density at radius 1 is 1.52 bits per heavy atom. The first kappa shape index (κ1) is 16.1. The number of aryl methyl sites for hydroxylation is 1. The predicted octanol–water partition coefficient (Wildman–Crippen LogP) is -0.790. The minimum Gasteiger partial charge on any atom is -0.375 e. The third-order valence-corrected chi connectivity index (χ3v) is 5.25. The third kappa shape index (κ3) is 4.10. The van der Waals surface area contributed by atoms with Gasteiger partial charge in [-0.1, -0.05) is 0 Å². The van der Waals surface area contributed by atoms with Crippen molar-refractivity contribution in [2.24, 2.45) is 0 Å². The summed E-state index contributed by atoms with van der Waals surface area (Å²) < 4.78 is 32.4. The van der Waals surface area contributed by atoms with Crippen molar-refractivity contribution in [2.45, 2.75) is 18.9 Å². The second-order valence-corrected chi connectivity index (χ2v) is 7.22. The molecular weight excluding hydrogens is 296 g/mol. The van der Waals surface area contributed by atoms with Gasteiger partial charge in [0, 0.05) is 38.9 Å². The Hall–Kier alpha value is -1.29. The largest absolute Gasteiger partial charge is 0.375 e. The van der Waals surface area contributed by atoms with Crippen LogP contribution in [0, 0.1) is 0 Å². The molecule has 0 aromatic carbocycles. The summed E-state index contributed by atoms with van der Waals surface area (Å²) in [5, 5.41) is 0. The molecule has 0 aliphatic carbocycles. The van der Waals surface area contributed by atoms with Crippen molar-refractivity contribution < 1.29 is 13.2 Å². The molecule has 1 aliphatic rings. The fourth-order valence-electron chi connectivity index (χ4n) is 2.16. The normalized spacial score (nSPS) is 20.8. The Labute approximate surface area is 123 Å². The van der Waals surface area contributed by atoms with Crippen LogP contribution in [0.1, 0.15) is 12.1 Å². The highest BCUT2D eigenvalue weighted by Crippen LogP contribution is 2.15. The molecule has 2 heterocycles. The zero-order valence-corrected chi connectivity index (χ0v) is 13.0. The first-order chi connectivity index (χ1) is 9.89.